The smallest absolute Gasteiger partial charge is 0.329 e. The summed E-state index contributed by atoms with van der Waals surface area (Å²) in [6.45, 7) is 0. The van der Waals surface area contributed by atoms with Gasteiger partial charge in [0.25, 0.3) is 0 Å². The zero-order valence-electron chi connectivity index (χ0n) is 13.8. The number of aryl methyl sites for hydroxylation is 1. The topological polar surface area (TPSA) is 115 Å². The lowest BCUT2D eigenvalue weighted by Crippen LogP contribution is -2.32. The number of hydrogen-bond donors (Lipinski definition) is 3. The van der Waals surface area contributed by atoms with Crippen molar-refractivity contribution in [3.63, 3.8) is 0 Å². The van der Waals surface area contributed by atoms with E-state index >= 15 is 0 Å². The number of amides is 2. The lowest BCUT2D eigenvalue weighted by atomic mass is 9.96. The van der Waals surface area contributed by atoms with Crippen molar-refractivity contribution >= 4 is 34.4 Å². The Morgan fingerprint density at radius 2 is 1.92 bits per heavy atom. The van der Waals surface area contributed by atoms with E-state index in [1.165, 1.54) is 29.7 Å². The van der Waals surface area contributed by atoms with Crippen LogP contribution in [0.4, 0.5) is 5.00 Å². The van der Waals surface area contributed by atoms with Gasteiger partial charge in [0.05, 0.1) is 11.8 Å². The summed E-state index contributed by atoms with van der Waals surface area (Å²) in [5.41, 5.74) is 4.24. The fraction of sp³-hybridized carbons (Fsp3) is 0.222. The summed E-state index contributed by atoms with van der Waals surface area (Å²) in [7, 11) is 0. The second-order valence-corrected chi connectivity index (χ2v) is 6.88. The average Bonchev–Trinajstić information content (AvgIpc) is 3.00. The van der Waals surface area contributed by atoms with Crippen molar-refractivity contribution in [3.05, 3.63) is 45.8 Å². The van der Waals surface area contributed by atoms with Crippen LogP contribution in [-0.4, -0.2) is 23.1 Å². The van der Waals surface area contributed by atoms with E-state index in [0.717, 1.165) is 36.1 Å². The number of rotatable bonds is 3. The van der Waals surface area contributed by atoms with E-state index in [-0.39, 0.29) is 5.75 Å². The second kappa shape index (κ2) is 7.80. The number of nitrogens with one attached hydrogen (secondary N) is 2. The predicted octanol–water partition coefficient (Wildman–Crippen LogP) is 2.29. The molecule has 2 amide bonds. The van der Waals surface area contributed by atoms with Gasteiger partial charge in [-0.25, -0.2) is 5.43 Å². The molecule has 1 heterocycles. The van der Waals surface area contributed by atoms with Crippen LogP contribution in [-0.2, 0) is 22.4 Å². The molecule has 1 aliphatic rings. The maximum atomic E-state index is 12.0. The highest BCUT2D eigenvalue weighted by Gasteiger charge is 2.23. The van der Waals surface area contributed by atoms with Crippen LogP contribution < -0.4 is 10.7 Å². The van der Waals surface area contributed by atoms with Gasteiger partial charge in [-0.1, -0.05) is 0 Å². The number of carbonyl (C=O) groups excluding carboxylic acids is 2. The van der Waals surface area contributed by atoms with E-state index in [0.29, 0.717) is 16.1 Å². The number of benzene rings is 1. The molecular weight excluding hydrogens is 352 g/mol. The Balaban J connectivity index is 1.63. The lowest BCUT2D eigenvalue weighted by molar-refractivity contribution is -0.136. The normalized spacial score (nSPS) is 13.0. The van der Waals surface area contributed by atoms with Crippen LogP contribution in [0.3, 0.4) is 0 Å². The Morgan fingerprint density at radius 1 is 1.19 bits per heavy atom. The molecule has 0 atom stereocenters. The molecule has 1 aromatic heterocycles. The quantitative estimate of drug-likeness (QED) is 0.438. The molecule has 0 radical (unpaired) electrons. The SMILES string of the molecule is N#Cc1c(NC(=O)C(=O)NN=Cc2ccc(O)cc2)sc2c1CCCC2. The molecule has 0 unspecified atom stereocenters. The van der Waals surface area contributed by atoms with E-state index in [9.17, 15) is 20.0 Å². The summed E-state index contributed by atoms with van der Waals surface area (Å²) >= 11 is 1.36. The number of nitrogens with zero attached hydrogens (tertiary/aromatic N) is 2. The third-order valence-corrected chi connectivity index (χ3v) is 5.20. The summed E-state index contributed by atoms with van der Waals surface area (Å²) in [6, 6.07) is 8.32. The maximum Gasteiger partial charge on any atom is 0.329 e. The molecule has 2 aromatic rings. The van der Waals surface area contributed by atoms with Gasteiger partial charge in [0.1, 0.15) is 16.8 Å². The van der Waals surface area contributed by atoms with E-state index in [1.54, 1.807) is 12.1 Å². The summed E-state index contributed by atoms with van der Waals surface area (Å²) in [5.74, 6) is -1.67. The van der Waals surface area contributed by atoms with E-state index in [1.807, 2.05) is 0 Å². The zero-order valence-corrected chi connectivity index (χ0v) is 14.6. The molecule has 26 heavy (non-hydrogen) atoms. The summed E-state index contributed by atoms with van der Waals surface area (Å²) < 4.78 is 0. The second-order valence-electron chi connectivity index (χ2n) is 5.77. The van der Waals surface area contributed by atoms with Crippen LogP contribution in [0.5, 0.6) is 5.75 Å². The number of fused-ring (bicyclic) bond motifs is 1. The first-order chi connectivity index (χ1) is 12.6. The first-order valence-corrected chi connectivity index (χ1v) is 8.88. The zero-order chi connectivity index (χ0) is 18.5. The first kappa shape index (κ1) is 17.6. The van der Waals surface area contributed by atoms with Gasteiger partial charge < -0.3 is 10.4 Å². The van der Waals surface area contributed by atoms with Crippen molar-refractivity contribution in [3.8, 4) is 11.8 Å². The predicted molar refractivity (Wildman–Crippen MR) is 98.1 cm³/mol. The Kier molecular flexibility index (Phi) is 5.29. The van der Waals surface area contributed by atoms with Gasteiger partial charge in [0, 0.05) is 4.88 Å². The molecule has 0 aliphatic heterocycles. The molecule has 0 spiro atoms. The Labute approximate surface area is 154 Å². The van der Waals surface area contributed by atoms with Gasteiger partial charge in [-0.3, -0.25) is 9.59 Å². The molecule has 132 valence electrons. The minimum absolute atomic E-state index is 0.123. The van der Waals surface area contributed by atoms with Crippen molar-refractivity contribution in [1.82, 2.24) is 5.43 Å². The van der Waals surface area contributed by atoms with Crippen molar-refractivity contribution in [2.24, 2.45) is 5.10 Å². The van der Waals surface area contributed by atoms with Crippen LogP contribution in [0, 0.1) is 11.3 Å². The molecule has 1 aromatic carbocycles. The minimum Gasteiger partial charge on any atom is -0.508 e. The Hall–Kier alpha value is -3.18. The highest BCUT2D eigenvalue weighted by atomic mass is 32.1. The largest absolute Gasteiger partial charge is 0.508 e. The van der Waals surface area contributed by atoms with Gasteiger partial charge in [0.2, 0.25) is 0 Å². The molecular formula is C18H16N4O3S. The van der Waals surface area contributed by atoms with Gasteiger partial charge in [-0.15, -0.1) is 11.3 Å². The summed E-state index contributed by atoms with van der Waals surface area (Å²) in [6.07, 6.45) is 5.17. The van der Waals surface area contributed by atoms with Crippen molar-refractivity contribution in [1.29, 1.82) is 5.26 Å². The number of thiophene rings is 1. The molecule has 0 saturated heterocycles. The van der Waals surface area contributed by atoms with E-state index in [4.69, 9.17) is 0 Å². The third kappa shape index (κ3) is 3.90. The molecule has 7 nitrogen and oxygen atoms in total. The van der Waals surface area contributed by atoms with Crippen molar-refractivity contribution < 1.29 is 14.7 Å². The van der Waals surface area contributed by atoms with Gasteiger partial charge in [-0.2, -0.15) is 10.4 Å². The number of phenols is 1. The average molecular weight is 368 g/mol. The fourth-order valence-electron chi connectivity index (χ4n) is 2.71. The molecule has 0 fully saturated rings. The van der Waals surface area contributed by atoms with Crippen LogP contribution in [0.2, 0.25) is 0 Å². The number of phenolic OH excluding ortho intramolecular Hbond substituents is 1. The van der Waals surface area contributed by atoms with Crippen LogP contribution in [0.1, 0.15) is 34.4 Å². The number of aromatic hydroxyl groups is 1. The molecule has 0 bridgehead atoms. The van der Waals surface area contributed by atoms with Crippen molar-refractivity contribution in [2.75, 3.05) is 5.32 Å². The summed E-state index contributed by atoms with van der Waals surface area (Å²) in [4.78, 5) is 25.0. The van der Waals surface area contributed by atoms with Crippen LogP contribution >= 0.6 is 11.3 Å². The molecule has 0 saturated carbocycles. The standard InChI is InChI=1S/C18H16N4O3S/c19-9-14-13-3-1-2-4-15(13)26-18(14)21-16(24)17(25)22-20-10-11-5-7-12(23)8-6-11/h5-8,10,23H,1-4H2,(H,21,24)(H,22,25). The highest BCUT2D eigenvalue weighted by molar-refractivity contribution is 7.16. The van der Waals surface area contributed by atoms with E-state index < -0.39 is 11.8 Å². The van der Waals surface area contributed by atoms with E-state index in [2.05, 4.69) is 21.9 Å². The number of hydrazone groups is 1. The number of hydrogen-bond acceptors (Lipinski definition) is 6. The molecule has 3 N–H and O–H groups in total. The van der Waals surface area contributed by atoms with Crippen molar-refractivity contribution in [2.45, 2.75) is 25.7 Å². The monoisotopic (exact) mass is 368 g/mol. The maximum absolute atomic E-state index is 12.0. The number of anilines is 1. The first-order valence-electron chi connectivity index (χ1n) is 8.06. The molecule has 8 heteroatoms. The van der Waals surface area contributed by atoms with Crippen LogP contribution in [0.15, 0.2) is 29.4 Å². The lowest BCUT2D eigenvalue weighted by Gasteiger charge is -2.09. The number of carbonyl (C=O) groups is 2. The molecule has 1 aliphatic carbocycles. The van der Waals surface area contributed by atoms with Gasteiger partial charge >= 0.3 is 11.8 Å². The third-order valence-electron chi connectivity index (χ3n) is 3.99. The van der Waals surface area contributed by atoms with Gasteiger partial charge in [0.15, 0.2) is 0 Å². The highest BCUT2D eigenvalue weighted by Crippen LogP contribution is 2.37. The number of nitriles is 1. The van der Waals surface area contributed by atoms with Gasteiger partial charge in [-0.05, 0) is 61.1 Å². The van der Waals surface area contributed by atoms with Crippen LogP contribution in [0.25, 0.3) is 0 Å². The Bertz CT molecular complexity index is 910. The minimum atomic E-state index is -0.921. The fourth-order valence-corrected chi connectivity index (χ4v) is 3.94. The summed E-state index contributed by atoms with van der Waals surface area (Å²) in [5, 5.41) is 25.2. The molecule has 3 rings (SSSR count). The Morgan fingerprint density at radius 3 is 2.65 bits per heavy atom.